The van der Waals surface area contributed by atoms with Gasteiger partial charge in [-0.2, -0.15) is 5.10 Å². The van der Waals surface area contributed by atoms with Gasteiger partial charge in [-0.3, -0.25) is 14.4 Å². The van der Waals surface area contributed by atoms with Crippen molar-refractivity contribution in [2.24, 2.45) is 11.7 Å². The third kappa shape index (κ3) is 3.17. The maximum absolute atomic E-state index is 11.5. The van der Waals surface area contributed by atoms with Gasteiger partial charge < -0.3 is 10.5 Å². The van der Waals surface area contributed by atoms with E-state index >= 15 is 0 Å². The van der Waals surface area contributed by atoms with Crippen LogP contribution < -0.4 is 5.73 Å². The second-order valence-corrected chi connectivity index (χ2v) is 6.69. The summed E-state index contributed by atoms with van der Waals surface area (Å²) in [4.78, 5) is 13.9. The average molecular weight is 306 g/mol. The van der Waals surface area contributed by atoms with Crippen molar-refractivity contribution in [3.8, 4) is 0 Å². The Morgan fingerprint density at radius 3 is 3.14 bits per heavy atom. The summed E-state index contributed by atoms with van der Waals surface area (Å²) in [5.41, 5.74) is 7.97. The number of rotatable bonds is 4. The number of morpholine rings is 1. The highest BCUT2D eigenvalue weighted by molar-refractivity contribution is 5.77. The minimum Gasteiger partial charge on any atom is -0.376 e. The van der Waals surface area contributed by atoms with Gasteiger partial charge in [0.05, 0.1) is 24.9 Å². The van der Waals surface area contributed by atoms with Crippen molar-refractivity contribution in [3.05, 3.63) is 17.5 Å². The first-order valence-electron chi connectivity index (χ1n) is 8.23. The van der Waals surface area contributed by atoms with Gasteiger partial charge in [-0.05, 0) is 32.3 Å². The number of carbonyl (C=O) groups is 1. The van der Waals surface area contributed by atoms with Gasteiger partial charge >= 0.3 is 0 Å². The van der Waals surface area contributed by atoms with E-state index in [0.717, 1.165) is 45.5 Å². The third-order valence-corrected chi connectivity index (χ3v) is 4.85. The molecular formula is C16H26N4O2. The van der Waals surface area contributed by atoms with Crippen LogP contribution in [0.4, 0.5) is 0 Å². The molecule has 2 aliphatic rings. The number of aryl methyl sites for hydroxylation is 1. The summed E-state index contributed by atoms with van der Waals surface area (Å²) < 4.78 is 7.70. The molecule has 1 saturated heterocycles. The lowest BCUT2D eigenvalue weighted by atomic mass is 9.87. The van der Waals surface area contributed by atoms with E-state index in [-0.39, 0.29) is 11.8 Å². The molecule has 0 bridgehead atoms. The maximum Gasteiger partial charge on any atom is 0.220 e. The van der Waals surface area contributed by atoms with Crippen LogP contribution in [0, 0.1) is 5.92 Å². The number of carbonyl (C=O) groups excluding carboxylic acids is 1. The first-order valence-corrected chi connectivity index (χ1v) is 8.23. The Balaban J connectivity index is 1.70. The van der Waals surface area contributed by atoms with Crippen LogP contribution in [-0.4, -0.2) is 52.9 Å². The topological polar surface area (TPSA) is 73.4 Å². The van der Waals surface area contributed by atoms with Crippen LogP contribution in [0.25, 0.3) is 0 Å². The molecule has 3 rings (SSSR count). The van der Waals surface area contributed by atoms with Crippen LogP contribution in [0.2, 0.25) is 0 Å². The van der Waals surface area contributed by atoms with E-state index in [1.54, 1.807) is 0 Å². The molecule has 3 atom stereocenters. The molecule has 2 heterocycles. The Morgan fingerprint density at radius 2 is 2.41 bits per heavy atom. The van der Waals surface area contributed by atoms with Gasteiger partial charge in [0.2, 0.25) is 5.91 Å². The lowest BCUT2D eigenvalue weighted by molar-refractivity contribution is -0.122. The number of amides is 1. The number of aromatic nitrogens is 2. The Bertz CT molecular complexity index is 542. The minimum absolute atomic E-state index is 0.0430. The lowest BCUT2D eigenvalue weighted by Gasteiger charge is -2.33. The van der Waals surface area contributed by atoms with E-state index in [0.29, 0.717) is 12.1 Å². The highest BCUT2D eigenvalue weighted by atomic mass is 16.5. The molecule has 1 aliphatic carbocycles. The molecule has 0 radical (unpaired) electrons. The molecule has 2 N–H and O–H groups in total. The molecule has 6 heteroatoms. The summed E-state index contributed by atoms with van der Waals surface area (Å²) >= 11 is 0. The van der Waals surface area contributed by atoms with E-state index in [4.69, 9.17) is 10.5 Å². The molecule has 0 aromatic carbocycles. The normalized spacial score (nSPS) is 27.4. The standard InChI is InChI=1S/C16H26N4O2/c1-11(9-19-5-6-22-12(2)10-19)20-15-7-13(16(17)21)3-4-14(15)8-18-20/h8,11-13H,3-7,9-10H2,1-2H3,(H2,17,21)/t11-,12+,13?/m0/s1. The van der Waals surface area contributed by atoms with E-state index in [2.05, 4.69) is 28.5 Å². The van der Waals surface area contributed by atoms with Crippen molar-refractivity contribution in [2.45, 2.75) is 45.3 Å². The first-order chi connectivity index (χ1) is 10.5. The van der Waals surface area contributed by atoms with Crippen molar-refractivity contribution in [3.63, 3.8) is 0 Å². The maximum atomic E-state index is 11.5. The van der Waals surface area contributed by atoms with Crippen LogP contribution in [-0.2, 0) is 22.4 Å². The van der Waals surface area contributed by atoms with Gasteiger partial charge in [-0.15, -0.1) is 0 Å². The number of nitrogens with two attached hydrogens (primary N) is 1. The largest absolute Gasteiger partial charge is 0.376 e. The fraction of sp³-hybridized carbons (Fsp3) is 0.750. The fourth-order valence-corrected chi connectivity index (χ4v) is 3.65. The summed E-state index contributed by atoms with van der Waals surface area (Å²) in [6.45, 7) is 8.02. The summed E-state index contributed by atoms with van der Waals surface area (Å²) in [5.74, 6) is -0.230. The molecular weight excluding hydrogens is 280 g/mol. The molecule has 1 aromatic rings. The second-order valence-electron chi connectivity index (χ2n) is 6.69. The second kappa shape index (κ2) is 6.38. The zero-order chi connectivity index (χ0) is 15.7. The minimum atomic E-state index is -0.187. The van der Waals surface area contributed by atoms with Gasteiger partial charge in [0, 0.05) is 37.7 Å². The molecule has 22 heavy (non-hydrogen) atoms. The SMILES string of the molecule is C[C@@H]1CN(C[C@H](C)n2ncc3c2CC(C(N)=O)CC3)CCO1. The molecule has 0 spiro atoms. The van der Waals surface area contributed by atoms with Crippen LogP contribution in [0.15, 0.2) is 6.20 Å². The van der Waals surface area contributed by atoms with E-state index in [9.17, 15) is 4.79 Å². The van der Waals surface area contributed by atoms with E-state index in [1.165, 1.54) is 11.3 Å². The summed E-state index contributed by atoms with van der Waals surface area (Å²) in [6, 6.07) is 0.292. The molecule has 122 valence electrons. The van der Waals surface area contributed by atoms with Gasteiger partial charge in [0.25, 0.3) is 0 Å². The van der Waals surface area contributed by atoms with Crippen LogP contribution in [0.3, 0.4) is 0 Å². The highest BCUT2D eigenvalue weighted by Gasteiger charge is 2.28. The quantitative estimate of drug-likeness (QED) is 0.891. The molecule has 1 fully saturated rings. The van der Waals surface area contributed by atoms with Crippen molar-refractivity contribution in [1.29, 1.82) is 0 Å². The first kappa shape index (κ1) is 15.5. The van der Waals surface area contributed by atoms with E-state index < -0.39 is 0 Å². The predicted molar refractivity (Wildman–Crippen MR) is 83.5 cm³/mol. The number of ether oxygens (including phenoxy) is 1. The van der Waals surface area contributed by atoms with Crippen molar-refractivity contribution in [1.82, 2.24) is 14.7 Å². The van der Waals surface area contributed by atoms with Crippen molar-refractivity contribution < 1.29 is 9.53 Å². The van der Waals surface area contributed by atoms with Crippen LogP contribution in [0.1, 0.15) is 37.6 Å². The molecule has 1 aliphatic heterocycles. The number of hydrogen-bond acceptors (Lipinski definition) is 4. The molecule has 1 aromatic heterocycles. The Labute approximate surface area is 131 Å². The summed E-state index contributed by atoms with van der Waals surface area (Å²) in [7, 11) is 0. The third-order valence-electron chi connectivity index (χ3n) is 4.85. The fourth-order valence-electron chi connectivity index (χ4n) is 3.65. The van der Waals surface area contributed by atoms with Gasteiger partial charge in [-0.1, -0.05) is 0 Å². The predicted octanol–water partition coefficient (Wildman–Crippen LogP) is 0.755. The molecule has 1 amide bonds. The monoisotopic (exact) mass is 306 g/mol. The molecule has 6 nitrogen and oxygen atoms in total. The van der Waals surface area contributed by atoms with Crippen molar-refractivity contribution in [2.75, 3.05) is 26.2 Å². The molecule has 0 saturated carbocycles. The lowest BCUT2D eigenvalue weighted by Crippen LogP contribution is -2.43. The number of primary amides is 1. The molecule has 1 unspecified atom stereocenters. The van der Waals surface area contributed by atoms with E-state index in [1.807, 2.05) is 6.20 Å². The highest BCUT2D eigenvalue weighted by Crippen LogP contribution is 2.27. The van der Waals surface area contributed by atoms with Crippen LogP contribution in [0.5, 0.6) is 0 Å². The van der Waals surface area contributed by atoms with Gasteiger partial charge in [-0.25, -0.2) is 0 Å². The number of nitrogens with zero attached hydrogens (tertiary/aromatic N) is 3. The van der Waals surface area contributed by atoms with Crippen molar-refractivity contribution >= 4 is 5.91 Å². The average Bonchev–Trinajstić information content (AvgIpc) is 2.90. The summed E-state index contributed by atoms with van der Waals surface area (Å²) in [6.07, 6.45) is 4.75. The van der Waals surface area contributed by atoms with Gasteiger partial charge in [0.15, 0.2) is 0 Å². The zero-order valence-corrected chi connectivity index (χ0v) is 13.5. The number of hydrogen-bond donors (Lipinski definition) is 1. The van der Waals surface area contributed by atoms with Gasteiger partial charge in [0.1, 0.15) is 0 Å². The van der Waals surface area contributed by atoms with Crippen LogP contribution >= 0.6 is 0 Å². The Hall–Kier alpha value is -1.40. The Morgan fingerprint density at radius 1 is 1.59 bits per heavy atom. The zero-order valence-electron chi connectivity index (χ0n) is 13.5. The smallest absolute Gasteiger partial charge is 0.220 e. The number of fused-ring (bicyclic) bond motifs is 1. The Kier molecular flexibility index (Phi) is 4.49. The summed E-state index contributed by atoms with van der Waals surface area (Å²) in [5, 5.41) is 4.58.